The highest BCUT2D eigenvalue weighted by Crippen LogP contribution is 2.37. The number of methoxy groups -OCH3 is 2. The third-order valence-electron chi connectivity index (χ3n) is 2.20. The van der Waals surface area contributed by atoms with E-state index in [1.807, 2.05) is 25.3 Å². The molecule has 0 fully saturated rings. The minimum atomic E-state index is 0.581. The third-order valence-corrected chi connectivity index (χ3v) is 3.01. The molecule has 0 amide bonds. The van der Waals surface area contributed by atoms with Crippen LogP contribution in [0.2, 0.25) is 0 Å². The normalized spacial score (nSPS) is 10.2. The van der Waals surface area contributed by atoms with E-state index in [4.69, 9.17) is 14.2 Å². The summed E-state index contributed by atoms with van der Waals surface area (Å²) in [5.74, 6) is 1.67. The number of rotatable bonds is 6. The molecule has 0 saturated carbocycles. The Morgan fingerprint density at radius 2 is 1.69 bits per heavy atom. The van der Waals surface area contributed by atoms with Gasteiger partial charge >= 0.3 is 0 Å². The van der Waals surface area contributed by atoms with Gasteiger partial charge in [-0.05, 0) is 30.9 Å². The Bertz CT molecular complexity index is 314. The SMILES string of the molecule is CCOCc1cc(OC)c(SC)c(OC)c1. The summed E-state index contributed by atoms with van der Waals surface area (Å²) >= 11 is 1.61. The van der Waals surface area contributed by atoms with Crippen LogP contribution in [0.3, 0.4) is 0 Å². The van der Waals surface area contributed by atoms with Gasteiger partial charge in [0.25, 0.3) is 0 Å². The van der Waals surface area contributed by atoms with Crippen molar-refractivity contribution in [3.63, 3.8) is 0 Å². The Morgan fingerprint density at radius 3 is 2.06 bits per heavy atom. The molecule has 3 nitrogen and oxygen atoms in total. The first-order valence-electron chi connectivity index (χ1n) is 5.13. The molecule has 1 rings (SSSR count). The van der Waals surface area contributed by atoms with Gasteiger partial charge in [0.05, 0.1) is 25.7 Å². The van der Waals surface area contributed by atoms with Crippen molar-refractivity contribution in [2.75, 3.05) is 27.1 Å². The molecule has 4 heteroatoms. The van der Waals surface area contributed by atoms with E-state index in [2.05, 4.69) is 0 Å². The number of hydrogen-bond acceptors (Lipinski definition) is 4. The van der Waals surface area contributed by atoms with Crippen molar-refractivity contribution >= 4 is 11.8 Å². The van der Waals surface area contributed by atoms with Gasteiger partial charge in [-0.3, -0.25) is 0 Å². The molecule has 0 aliphatic rings. The fraction of sp³-hybridized carbons (Fsp3) is 0.500. The molecule has 0 N–H and O–H groups in total. The zero-order valence-electron chi connectivity index (χ0n) is 10.2. The molecule has 0 aliphatic carbocycles. The van der Waals surface area contributed by atoms with Crippen molar-refractivity contribution in [2.24, 2.45) is 0 Å². The Balaban J connectivity index is 3.05. The molecule has 0 aliphatic heterocycles. The van der Waals surface area contributed by atoms with Crippen LogP contribution in [0, 0.1) is 0 Å². The quantitative estimate of drug-likeness (QED) is 0.717. The molecule has 90 valence electrons. The summed E-state index contributed by atoms with van der Waals surface area (Å²) in [6.07, 6.45) is 2.00. The minimum absolute atomic E-state index is 0.581. The summed E-state index contributed by atoms with van der Waals surface area (Å²) in [5.41, 5.74) is 1.06. The van der Waals surface area contributed by atoms with Crippen LogP contribution in [0.15, 0.2) is 17.0 Å². The van der Waals surface area contributed by atoms with E-state index in [-0.39, 0.29) is 0 Å². The molecule has 1 aromatic rings. The molecule has 0 bridgehead atoms. The van der Waals surface area contributed by atoms with E-state index in [1.54, 1.807) is 26.0 Å². The van der Waals surface area contributed by atoms with Gasteiger partial charge in [-0.15, -0.1) is 11.8 Å². The Hall–Kier alpha value is -0.870. The molecule has 0 unspecified atom stereocenters. The maximum atomic E-state index is 5.37. The summed E-state index contributed by atoms with van der Waals surface area (Å²) in [5, 5.41) is 0. The van der Waals surface area contributed by atoms with Gasteiger partial charge in [0.2, 0.25) is 0 Å². The van der Waals surface area contributed by atoms with Gasteiger partial charge in [-0.25, -0.2) is 0 Å². The average molecular weight is 242 g/mol. The molecular weight excluding hydrogens is 224 g/mol. The predicted octanol–water partition coefficient (Wildman–Crippen LogP) is 2.96. The first kappa shape index (κ1) is 13.2. The summed E-state index contributed by atoms with van der Waals surface area (Å²) in [7, 11) is 3.33. The predicted molar refractivity (Wildman–Crippen MR) is 66.7 cm³/mol. The standard InChI is InChI=1S/C12H18O3S/c1-5-15-8-9-6-10(13-2)12(16-4)11(7-9)14-3/h6-7H,5,8H2,1-4H3. The van der Waals surface area contributed by atoms with Gasteiger partial charge in [-0.2, -0.15) is 0 Å². The third kappa shape index (κ3) is 3.06. The number of ether oxygens (including phenoxy) is 3. The first-order chi connectivity index (χ1) is 7.76. The molecule has 0 radical (unpaired) electrons. The molecule has 16 heavy (non-hydrogen) atoms. The maximum Gasteiger partial charge on any atom is 0.136 e. The second kappa shape index (κ2) is 6.66. The van der Waals surface area contributed by atoms with Crippen molar-refractivity contribution < 1.29 is 14.2 Å². The molecule has 0 heterocycles. The van der Waals surface area contributed by atoms with E-state index >= 15 is 0 Å². The Morgan fingerprint density at radius 1 is 1.12 bits per heavy atom. The van der Waals surface area contributed by atoms with Gasteiger partial charge in [0.15, 0.2) is 0 Å². The summed E-state index contributed by atoms with van der Waals surface area (Å²) in [6.45, 7) is 3.26. The zero-order chi connectivity index (χ0) is 12.0. The second-order valence-corrected chi connectivity index (χ2v) is 3.99. The van der Waals surface area contributed by atoms with Gasteiger partial charge in [0, 0.05) is 6.61 Å². The van der Waals surface area contributed by atoms with E-state index in [1.165, 1.54) is 0 Å². The minimum Gasteiger partial charge on any atom is -0.495 e. The summed E-state index contributed by atoms with van der Waals surface area (Å²) in [4.78, 5) is 1.02. The maximum absolute atomic E-state index is 5.37. The van der Waals surface area contributed by atoms with Crippen LogP contribution >= 0.6 is 11.8 Å². The van der Waals surface area contributed by atoms with Gasteiger partial charge < -0.3 is 14.2 Å². The average Bonchev–Trinajstić information content (AvgIpc) is 2.34. The Labute approximate surface area is 101 Å². The largest absolute Gasteiger partial charge is 0.495 e. The van der Waals surface area contributed by atoms with Crippen molar-refractivity contribution in [3.05, 3.63) is 17.7 Å². The van der Waals surface area contributed by atoms with Crippen LogP contribution in [0.1, 0.15) is 12.5 Å². The molecule has 0 atom stereocenters. The molecule has 0 aromatic heterocycles. The lowest BCUT2D eigenvalue weighted by molar-refractivity contribution is 0.133. The van der Waals surface area contributed by atoms with Crippen LogP contribution in [-0.2, 0) is 11.3 Å². The number of hydrogen-bond donors (Lipinski definition) is 0. The van der Waals surface area contributed by atoms with Crippen molar-refractivity contribution in [3.8, 4) is 11.5 Å². The van der Waals surface area contributed by atoms with Crippen LogP contribution < -0.4 is 9.47 Å². The lowest BCUT2D eigenvalue weighted by Gasteiger charge is -2.13. The van der Waals surface area contributed by atoms with E-state index < -0.39 is 0 Å². The Kier molecular flexibility index (Phi) is 5.49. The molecule has 0 saturated heterocycles. The fourth-order valence-corrected chi connectivity index (χ4v) is 2.13. The van der Waals surface area contributed by atoms with Crippen molar-refractivity contribution in [1.29, 1.82) is 0 Å². The van der Waals surface area contributed by atoms with Crippen molar-refractivity contribution in [1.82, 2.24) is 0 Å². The first-order valence-corrected chi connectivity index (χ1v) is 6.35. The molecule has 0 spiro atoms. The second-order valence-electron chi connectivity index (χ2n) is 3.17. The zero-order valence-corrected chi connectivity index (χ0v) is 11.0. The smallest absolute Gasteiger partial charge is 0.136 e. The molecular formula is C12H18O3S. The number of thioether (sulfide) groups is 1. The van der Waals surface area contributed by atoms with E-state index in [0.29, 0.717) is 13.2 Å². The summed E-state index contributed by atoms with van der Waals surface area (Å²) in [6, 6.07) is 3.98. The van der Waals surface area contributed by atoms with Crippen LogP contribution in [0.4, 0.5) is 0 Å². The summed E-state index contributed by atoms with van der Waals surface area (Å²) < 4.78 is 16.1. The molecule has 1 aromatic carbocycles. The van der Waals surface area contributed by atoms with E-state index in [9.17, 15) is 0 Å². The van der Waals surface area contributed by atoms with E-state index in [0.717, 1.165) is 22.0 Å². The van der Waals surface area contributed by atoms with Crippen LogP contribution in [0.25, 0.3) is 0 Å². The van der Waals surface area contributed by atoms with Gasteiger partial charge in [0.1, 0.15) is 11.5 Å². The highest BCUT2D eigenvalue weighted by molar-refractivity contribution is 7.98. The topological polar surface area (TPSA) is 27.7 Å². The lowest BCUT2D eigenvalue weighted by Crippen LogP contribution is -1.97. The van der Waals surface area contributed by atoms with Crippen molar-refractivity contribution in [2.45, 2.75) is 18.4 Å². The van der Waals surface area contributed by atoms with Crippen LogP contribution in [-0.4, -0.2) is 27.1 Å². The monoisotopic (exact) mass is 242 g/mol. The number of benzene rings is 1. The lowest BCUT2D eigenvalue weighted by atomic mass is 10.2. The van der Waals surface area contributed by atoms with Gasteiger partial charge in [-0.1, -0.05) is 0 Å². The highest BCUT2D eigenvalue weighted by atomic mass is 32.2. The van der Waals surface area contributed by atoms with Crippen LogP contribution in [0.5, 0.6) is 11.5 Å². The fourth-order valence-electron chi connectivity index (χ4n) is 1.44. The highest BCUT2D eigenvalue weighted by Gasteiger charge is 2.11.